The number of rotatable bonds is 5. The monoisotopic (exact) mass is 323 g/mol. The van der Waals surface area contributed by atoms with Gasteiger partial charge in [-0.15, -0.1) is 0 Å². The van der Waals surface area contributed by atoms with Crippen molar-refractivity contribution in [2.45, 2.75) is 39.8 Å². The Kier molecular flexibility index (Phi) is 6.34. The number of carbonyl (C=O) groups excluding carboxylic acids is 1. The van der Waals surface area contributed by atoms with Gasteiger partial charge in [0.25, 0.3) is 5.91 Å². The van der Waals surface area contributed by atoms with E-state index in [-0.39, 0.29) is 5.91 Å². The average molecular weight is 323 g/mol. The van der Waals surface area contributed by atoms with Gasteiger partial charge in [0.05, 0.1) is 18.6 Å². The quantitative estimate of drug-likeness (QED) is 0.860. The van der Waals surface area contributed by atoms with Gasteiger partial charge in [0, 0.05) is 17.5 Å². The lowest BCUT2D eigenvalue weighted by Crippen LogP contribution is -2.37. The third kappa shape index (κ3) is 4.81. The Bertz CT molecular complexity index is 748. The van der Waals surface area contributed by atoms with E-state index in [4.69, 9.17) is 0 Å². The highest BCUT2D eigenvalue weighted by molar-refractivity contribution is 5.94. The zero-order chi connectivity index (χ0) is 17.5. The van der Waals surface area contributed by atoms with Crippen LogP contribution in [-0.4, -0.2) is 41.0 Å². The third-order valence-electron chi connectivity index (χ3n) is 3.88. The van der Waals surface area contributed by atoms with E-state index in [1.54, 1.807) is 6.07 Å². The first-order valence-corrected chi connectivity index (χ1v) is 8.34. The minimum atomic E-state index is -0.195. The second kappa shape index (κ2) is 8.47. The SMILES string of the molecule is CC(C)N(CC#CCNC(=O)c1ccc2ccccc2n1)C(C)C. The number of nitrogens with zero attached hydrogens (tertiary/aromatic N) is 2. The average Bonchev–Trinajstić information content (AvgIpc) is 2.56. The molecule has 0 saturated carbocycles. The van der Waals surface area contributed by atoms with Crippen molar-refractivity contribution in [3.63, 3.8) is 0 Å². The first-order chi connectivity index (χ1) is 11.5. The molecule has 2 rings (SSSR count). The summed E-state index contributed by atoms with van der Waals surface area (Å²) in [6.07, 6.45) is 0. The van der Waals surface area contributed by atoms with Crippen LogP contribution in [0.3, 0.4) is 0 Å². The van der Waals surface area contributed by atoms with Crippen molar-refractivity contribution in [3.8, 4) is 11.8 Å². The fraction of sp³-hybridized carbons (Fsp3) is 0.400. The summed E-state index contributed by atoms with van der Waals surface area (Å²) in [6.45, 7) is 9.68. The molecule has 1 aromatic heterocycles. The number of nitrogens with one attached hydrogen (secondary N) is 1. The van der Waals surface area contributed by atoms with E-state index < -0.39 is 0 Å². The standard InChI is InChI=1S/C20H25N3O/c1-15(2)23(16(3)4)14-8-7-13-21-20(24)19-12-11-17-9-5-6-10-18(17)22-19/h5-6,9-12,15-16H,13-14H2,1-4H3,(H,21,24). The molecule has 0 spiro atoms. The van der Waals surface area contributed by atoms with E-state index in [1.165, 1.54) is 0 Å². The Labute approximate surface area is 144 Å². The van der Waals surface area contributed by atoms with Crippen LogP contribution in [0.4, 0.5) is 0 Å². The molecule has 126 valence electrons. The van der Waals surface area contributed by atoms with Crippen molar-refractivity contribution >= 4 is 16.8 Å². The second-order valence-corrected chi connectivity index (χ2v) is 6.29. The largest absolute Gasteiger partial charge is 0.340 e. The zero-order valence-electron chi connectivity index (χ0n) is 14.8. The van der Waals surface area contributed by atoms with Crippen LogP contribution in [0.15, 0.2) is 36.4 Å². The zero-order valence-corrected chi connectivity index (χ0v) is 14.8. The molecule has 0 radical (unpaired) electrons. The van der Waals surface area contributed by atoms with E-state index in [2.05, 4.69) is 54.7 Å². The van der Waals surface area contributed by atoms with Gasteiger partial charge in [0.15, 0.2) is 0 Å². The number of hydrogen-bond acceptors (Lipinski definition) is 3. The van der Waals surface area contributed by atoms with E-state index >= 15 is 0 Å². The van der Waals surface area contributed by atoms with Crippen LogP contribution in [0.25, 0.3) is 10.9 Å². The summed E-state index contributed by atoms with van der Waals surface area (Å²) in [7, 11) is 0. The number of hydrogen-bond donors (Lipinski definition) is 1. The van der Waals surface area contributed by atoms with Crippen LogP contribution in [0.1, 0.15) is 38.2 Å². The lowest BCUT2D eigenvalue weighted by molar-refractivity contribution is 0.0954. The molecule has 4 nitrogen and oxygen atoms in total. The number of pyridine rings is 1. The van der Waals surface area contributed by atoms with Crippen LogP contribution < -0.4 is 5.32 Å². The van der Waals surface area contributed by atoms with Gasteiger partial charge in [-0.05, 0) is 39.8 Å². The first-order valence-electron chi connectivity index (χ1n) is 8.34. The highest BCUT2D eigenvalue weighted by atomic mass is 16.1. The first kappa shape index (κ1) is 18.0. The molecule has 0 atom stereocenters. The number of fused-ring (bicyclic) bond motifs is 1. The molecule has 0 aliphatic heterocycles. The number of amides is 1. The van der Waals surface area contributed by atoms with Crippen molar-refractivity contribution < 1.29 is 4.79 Å². The maximum absolute atomic E-state index is 12.2. The smallest absolute Gasteiger partial charge is 0.270 e. The number of aromatic nitrogens is 1. The Morgan fingerprint density at radius 3 is 2.50 bits per heavy atom. The summed E-state index contributed by atoms with van der Waals surface area (Å²) >= 11 is 0. The van der Waals surface area contributed by atoms with E-state index in [9.17, 15) is 4.79 Å². The minimum Gasteiger partial charge on any atom is -0.340 e. The van der Waals surface area contributed by atoms with Gasteiger partial charge < -0.3 is 5.32 Å². The topological polar surface area (TPSA) is 45.2 Å². The fourth-order valence-corrected chi connectivity index (χ4v) is 2.58. The molecule has 0 fully saturated rings. The van der Waals surface area contributed by atoms with Crippen molar-refractivity contribution in [3.05, 3.63) is 42.1 Å². The van der Waals surface area contributed by atoms with Gasteiger partial charge in [-0.1, -0.05) is 36.1 Å². The van der Waals surface area contributed by atoms with Crippen LogP contribution in [-0.2, 0) is 0 Å². The summed E-state index contributed by atoms with van der Waals surface area (Å²) in [6, 6.07) is 12.3. The highest BCUT2D eigenvalue weighted by Crippen LogP contribution is 2.11. The summed E-state index contributed by atoms with van der Waals surface area (Å²) in [5.41, 5.74) is 1.24. The van der Waals surface area contributed by atoms with Crippen LogP contribution in [0.5, 0.6) is 0 Å². The molecule has 0 unspecified atom stereocenters. The van der Waals surface area contributed by atoms with Gasteiger partial charge in [0.2, 0.25) is 0 Å². The maximum atomic E-state index is 12.2. The summed E-state index contributed by atoms with van der Waals surface area (Å²) in [5.74, 6) is 5.94. The Morgan fingerprint density at radius 1 is 1.08 bits per heavy atom. The van der Waals surface area contributed by atoms with E-state index in [1.807, 2.05) is 30.3 Å². The third-order valence-corrected chi connectivity index (χ3v) is 3.88. The van der Waals surface area contributed by atoms with Gasteiger partial charge in [-0.25, -0.2) is 4.98 Å². The van der Waals surface area contributed by atoms with Crippen molar-refractivity contribution in [2.75, 3.05) is 13.1 Å². The predicted octanol–water partition coefficient (Wildman–Crippen LogP) is 3.09. The Hall–Kier alpha value is -2.38. The van der Waals surface area contributed by atoms with Crippen molar-refractivity contribution in [1.82, 2.24) is 15.2 Å². The van der Waals surface area contributed by atoms with E-state index in [0.29, 0.717) is 30.9 Å². The molecule has 1 amide bonds. The molecule has 1 heterocycles. The van der Waals surface area contributed by atoms with Gasteiger partial charge >= 0.3 is 0 Å². The van der Waals surface area contributed by atoms with Gasteiger partial charge in [0.1, 0.15) is 5.69 Å². The normalized spacial score (nSPS) is 11.0. The molecule has 0 bridgehead atoms. The number of benzene rings is 1. The summed E-state index contributed by atoms with van der Waals surface area (Å²) in [5, 5.41) is 3.83. The molecule has 0 aliphatic rings. The lowest BCUT2D eigenvalue weighted by Gasteiger charge is -2.28. The van der Waals surface area contributed by atoms with Crippen LogP contribution in [0.2, 0.25) is 0 Å². The Morgan fingerprint density at radius 2 is 1.79 bits per heavy atom. The molecule has 0 saturated heterocycles. The fourth-order valence-electron chi connectivity index (χ4n) is 2.58. The molecule has 0 aliphatic carbocycles. The molecular formula is C20H25N3O. The summed E-state index contributed by atoms with van der Waals surface area (Å²) in [4.78, 5) is 18.8. The molecule has 24 heavy (non-hydrogen) atoms. The maximum Gasteiger partial charge on any atom is 0.270 e. The summed E-state index contributed by atoms with van der Waals surface area (Å²) < 4.78 is 0. The highest BCUT2D eigenvalue weighted by Gasteiger charge is 2.11. The molecule has 2 aromatic rings. The lowest BCUT2D eigenvalue weighted by atomic mass is 10.2. The molecule has 1 N–H and O–H groups in total. The molecular weight excluding hydrogens is 298 g/mol. The predicted molar refractivity (Wildman–Crippen MR) is 98.8 cm³/mol. The van der Waals surface area contributed by atoms with Crippen molar-refractivity contribution in [1.29, 1.82) is 0 Å². The van der Waals surface area contributed by atoms with Gasteiger partial charge in [-0.3, -0.25) is 9.69 Å². The van der Waals surface area contributed by atoms with Crippen molar-refractivity contribution in [2.24, 2.45) is 0 Å². The van der Waals surface area contributed by atoms with Crippen LogP contribution in [0, 0.1) is 11.8 Å². The van der Waals surface area contributed by atoms with Crippen LogP contribution >= 0.6 is 0 Å². The number of carbonyl (C=O) groups is 1. The second-order valence-electron chi connectivity index (χ2n) is 6.29. The van der Waals surface area contributed by atoms with E-state index in [0.717, 1.165) is 10.9 Å². The molecule has 1 aromatic carbocycles. The molecule has 4 heteroatoms. The number of para-hydroxylation sites is 1. The minimum absolute atomic E-state index is 0.195. The van der Waals surface area contributed by atoms with Gasteiger partial charge in [-0.2, -0.15) is 0 Å². The Balaban J connectivity index is 1.90.